The third kappa shape index (κ3) is 3.02. The van der Waals surface area contributed by atoms with Gasteiger partial charge in [-0.1, -0.05) is 12.1 Å². The molecule has 21 heavy (non-hydrogen) atoms. The van der Waals surface area contributed by atoms with Crippen molar-refractivity contribution in [3.8, 4) is 5.82 Å². The highest BCUT2D eigenvalue weighted by Crippen LogP contribution is 2.17. The van der Waals surface area contributed by atoms with E-state index in [9.17, 15) is 8.42 Å². The highest BCUT2D eigenvalue weighted by Gasteiger charge is 2.16. The van der Waals surface area contributed by atoms with Crippen molar-refractivity contribution in [3.05, 3.63) is 59.9 Å². The Hall–Kier alpha value is -2.03. The first-order valence-electron chi connectivity index (χ1n) is 6.14. The molecule has 0 aliphatic rings. The number of pyridine rings is 1. The van der Waals surface area contributed by atoms with E-state index in [1.54, 1.807) is 52.9 Å². The molecule has 0 spiro atoms. The minimum absolute atomic E-state index is 0.156. The number of thiophene rings is 1. The first kappa shape index (κ1) is 13.9. The summed E-state index contributed by atoms with van der Waals surface area (Å²) in [6.07, 6.45) is 5.06. The van der Waals surface area contributed by atoms with E-state index in [4.69, 9.17) is 0 Å². The zero-order valence-electron chi connectivity index (χ0n) is 10.9. The topological polar surface area (TPSA) is 76.9 Å². The molecule has 1 N–H and O–H groups in total. The predicted molar refractivity (Wildman–Crippen MR) is 79.7 cm³/mol. The molecule has 0 aliphatic heterocycles. The standard InChI is InChI=1S/C13H12N4O2S2/c18-21(19,12-5-2-9-20-12)16-10-11-4-1-6-14-13(11)17-8-3-7-15-17/h1-9,16H,10H2. The number of aromatic nitrogens is 3. The molecule has 3 aromatic rings. The Bertz CT molecular complexity index is 812. The lowest BCUT2D eigenvalue weighted by molar-refractivity contribution is 0.583. The average Bonchev–Trinajstić information content (AvgIpc) is 3.18. The molecule has 3 aromatic heterocycles. The maximum Gasteiger partial charge on any atom is 0.250 e. The molecule has 0 saturated heterocycles. The number of sulfonamides is 1. The minimum atomic E-state index is -3.49. The molecule has 0 aromatic carbocycles. The number of nitrogens with zero attached hydrogens (tertiary/aromatic N) is 3. The van der Waals surface area contributed by atoms with Gasteiger partial charge in [0, 0.05) is 30.7 Å². The third-order valence-corrected chi connectivity index (χ3v) is 5.60. The molecule has 8 heteroatoms. The van der Waals surface area contributed by atoms with Crippen LogP contribution in [0.2, 0.25) is 0 Å². The van der Waals surface area contributed by atoms with Crippen LogP contribution in [0.3, 0.4) is 0 Å². The maximum absolute atomic E-state index is 12.1. The number of rotatable bonds is 5. The average molecular weight is 320 g/mol. The highest BCUT2D eigenvalue weighted by atomic mass is 32.2. The summed E-state index contributed by atoms with van der Waals surface area (Å²) in [5.74, 6) is 0.608. The first-order valence-corrected chi connectivity index (χ1v) is 8.50. The summed E-state index contributed by atoms with van der Waals surface area (Å²) in [6.45, 7) is 0.156. The van der Waals surface area contributed by atoms with E-state index in [2.05, 4.69) is 14.8 Å². The van der Waals surface area contributed by atoms with Crippen LogP contribution in [0.5, 0.6) is 0 Å². The van der Waals surface area contributed by atoms with Gasteiger partial charge in [0.2, 0.25) is 10.0 Å². The summed E-state index contributed by atoms with van der Waals surface area (Å²) in [7, 11) is -3.49. The van der Waals surface area contributed by atoms with E-state index in [0.717, 1.165) is 5.56 Å². The van der Waals surface area contributed by atoms with Gasteiger partial charge in [-0.3, -0.25) is 0 Å². The smallest absolute Gasteiger partial charge is 0.237 e. The molecule has 0 radical (unpaired) electrons. The van der Waals surface area contributed by atoms with Crippen LogP contribution < -0.4 is 4.72 Å². The Morgan fingerprint density at radius 2 is 2.10 bits per heavy atom. The van der Waals surface area contributed by atoms with Crippen LogP contribution in [0.25, 0.3) is 5.82 Å². The Morgan fingerprint density at radius 1 is 1.19 bits per heavy atom. The van der Waals surface area contributed by atoms with Gasteiger partial charge in [-0.2, -0.15) is 5.10 Å². The number of nitrogens with one attached hydrogen (secondary N) is 1. The van der Waals surface area contributed by atoms with Crippen molar-refractivity contribution in [2.45, 2.75) is 10.8 Å². The summed E-state index contributed by atoms with van der Waals surface area (Å²) < 4.78 is 28.7. The summed E-state index contributed by atoms with van der Waals surface area (Å²) >= 11 is 1.18. The Kier molecular flexibility index (Phi) is 3.82. The second-order valence-corrected chi connectivity index (χ2v) is 7.13. The summed E-state index contributed by atoms with van der Waals surface area (Å²) in [4.78, 5) is 4.25. The highest BCUT2D eigenvalue weighted by molar-refractivity contribution is 7.91. The van der Waals surface area contributed by atoms with Gasteiger partial charge in [0.25, 0.3) is 0 Å². The molecular weight excluding hydrogens is 308 g/mol. The van der Waals surface area contributed by atoms with E-state index < -0.39 is 10.0 Å². The summed E-state index contributed by atoms with van der Waals surface area (Å²) in [5.41, 5.74) is 0.751. The summed E-state index contributed by atoms with van der Waals surface area (Å²) in [5, 5.41) is 5.85. The van der Waals surface area contributed by atoms with Crippen LogP contribution >= 0.6 is 11.3 Å². The normalized spacial score (nSPS) is 11.6. The SMILES string of the molecule is O=S(=O)(NCc1cccnc1-n1cccn1)c1cccs1. The molecule has 108 valence electrons. The molecule has 0 bridgehead atoms. The molecule has 0 atom stereocenters. The fraction of sp³-hybridized carbons (Fsp3) is 0.0769. The van der Waals surface area contributed by atoms with Gasteiger partial charge in [-0.05, 0) is 23.6 Å². The van der Waals surface area contributed by atoms with Crippen molar-refractivity contribution >= 4 is 21.4 Å². The molecule has 0 aliphatic carbocycles. The molecule has 0 saturated carbocycles. The van der Waals surface area contributed by atoms with Crippen molar-refractivity contribution in [2.75, 3.05) is 0 Å². The minimum Gasteiger partial charge on any atom is -0.237 e. The van der Waals surface area contributed by atoms with Crippen molar-refractivity contribution in [1.82, 2.24) is 19.5 Å². The second-order valence-electron chi connectivity index (χ2n) is 4.19. The van der Waals surface area contributed by atoms with Gasteiger partial charge in [-0.15, -0.1) is 11.3 Å². The van der Waals surface area contributed by atoms with E-state index in [0.29, 0.717) is 10.0 Å². The lowest BCUT2D eigenvalue weighted by Crippen LogP contribution is -2.23. The van der Waals surface area contributed by atoms with E-state index in [1.807, 2.05) is 6.07 Å². The van der Waals surface area contributed by atoms with E-state index >= 15 is 0 Å². The fourth-order valence-corrected chi connectivity index (χ4v) is 3.87. The Morgan fingerprint density at radius 3 is 2.81 bits per heavy atom. The Balaban J connectivity index is 1.84. The lowest BCUT2D eigenvalue weighted by Gasteiger charge is -2.09. The fourth-order valence-electron chi connectivity index (χ4n) is 1.83. The molecule has 0 unspecified atom stereocenters. The predicted octanol–water partition coefficient (Wildman–Crippen LogP) is 1.81. The van der Waals surface area contributed by atoms with Gasteiger partial charge < -0.3 is 0 Å². The van der Waals surface area contributed by atoms with Crippen LogP contribution in [0.4, 0.5) is 0 Å². The Labute approximate surface area is 126 Å². The van der Waals surface area contributed by atoms with Crippen molar-refractivity contribution in [3.63, 3.8) is 0 Å². The second kappa shape index (κ2) is 5.76. The van der Waals surface area contributed by atoms with Gasteiger partial charge in [0.05, 0.1) is 0 Å². The molecule has 0 amide bonds. The van der Waals surface area contributed by atoms with Crippen LogP contribution in [0.1, 0.15) is 5.56 Å². The van der Waals surface area contributed by atoms with Crippen molar-refractivity contribution in [1.29, 1.82) is 0 Å². The lowest BCUT2D eigenvalue weighted by atomic mass is 10.2. The van der Waals surface area contributed by atoms with E-state index in [1.165, 1.54) is 11.3 Å². The first-order chi connectivity index (χ1) is 10.2. The molecule has 0 fully saturated rings. The van der Waals surface area contributed by atoms with Crippen LogP contribution in [0.15, 0.2) is 58.5 Å². The zero-order chi connectivity index (χ0) is 14.7. The number of hydrogen-bond acceptors (Lipinski definition) is 5. The van der Waals surface area contributed by atoms with Crippen LogP contribution in [-0.4, -0.2) is 23.2 Å². The molecule has 3 rings (SSSR count). The maximum atomic E-state index is 12.1. The van der Waals surface area contributed by atoms with Crippen molar-refractivity contribution < 1.29 is 8.42 Å². The van der Waals surface area contributed by atoms with Crippen molar-refractivity contribution in [2.24, 2.45) is 0 Å². The van der Waals surface area contributed by atoms with Gasteiger partial charge in [0.15, 0.2) is 5.82 Å². The molecule has 3 heterocycles. The third-order valence-electron chi connectivity index (χ3n) is 2.80. The summed E-state index contributed by atoms with van der Waals surface area (Å²) in [6, 6.07) is 8.65. The number of hydrogen-bond donors (Lipinski definition) is 1. The monoisotopic (exact) mass is 320 g/mol. The van der Waals surface area contributed by atoms with Gasteiger partial charge in [-0.25, -0.2) is 22.8 Å². The quantitative estimate of drug-likeness (QED) is 0.778. The van der Waals surface area contributed by atoms with Gasteiger partial charge in [0.1, 0.15) is 4.21 Å². The van der Waals surface area contributed by atoms with E-state index in [-0.39, 0.29) is 6.54 Å². The van der Waals surface area contributed by atoms with Crippen LogP contribution in [0, 0.1) is 0 Å². The molecule has 6 nitrogen and oxygen atoms in total. The largest absolute Gasteiger partial charge is 0.250 e. The van der Waals surface area contributed by atoms with Crippen LogP contribution in [-0.2, 0) is 16.6 Å². The zero-order valence-corrected chi connectivity index (χ0v) is 12.5. The molecular formula is C13H12N4O2S2. The van der Waals surface area contributed by atoms with Gasteiger partial charge >= 0.3 is 0 Å².